The van der Waals surface area contributed by atoms with Crippen molar-refractivity contribution in [2.75, 3.05) is 5.32 Å². The van der Waals surface area contributed by atoms with E-state index in [4.69, 9.17) is 0 Å². The average Bonchev–Trinajstić information content (AvgIpc) is 3.49. The molecule has 7 nitrogen and oxygen atoms in total. The smallest absolute Gasteiger partial charge is 0.325 e. The van der Waals surface area contributed by atoms with Crippen molar-refractivity contribution in [3.05, 3.63) is 77.4 Å². The van der Waals surface area contributed by atoms with Crippen molar-refractivity contribution in [2.45, 2.75) is 30.6 Å². The number of H-pyrrole nitrogens is 1. The molecule has 0 unspecified atom stereocenters. The van der Waals surface area contributed by atoms with Gasteiger partial charge in [-0.1, -0.05) is 18.2 Å². The lowest BCUT2D eigenvalue weighted by molar-refractivity contribution is -0.141. The topological polar surface area (TPSA) is 96.5 Å². The number of carbonyl (C=O) groups excluding carboxylic acids is 1. The van der Waals surface area contributed by atoms with Crippen molar-refractivity contribution in [3.8, 4) is 22.5 Å². The summed E-state index contributed by atoms with van der Waals surface area (Å²) in [5.74, 6) is -1.87. The van der Waals surface area contributed by atoms with Gasteiger partial charge in [0.2, 0.25) is 5.91 Å². The number of hydrogen-bond acceptors (Lipinski definition) is 5. The van der Waals surface area contributed by atoms with Gasteiger partial charge in [0, 0.05) is 23.0 Å². The van der Waals surface area contributed by atoms with Gasteiger partial charge in [-0.25, -0.2) is 9.49 Å². The molecule has 0 aliphatic heterocycles. The summed E-state index contributed by atoms with van der Waals surface area (Å²) in [6, 6.07) is 8.97. The van der Waals surface area contributed by atoms with Gasteiger partial charge in [0.1, 0.15) is 11.5 Å². The molecule has 14 heteroatoms. The van der Waals surface area contributed by atoms with E-state index < -0.39 is 40.7 Å². The summed E-state index contributed by atoms with van der Waals surface area (Å²) in [6.07, 6.45) is -7.82. The summed E-state index contributed by atoms with van der Waals surface area (Å²) in [5, 5.41) is 16.1. The molecule has 38 heavy (non-hydrogen) atoms. The van der Waals surface area contributed by atoms with E-state index in [2.05, 4.69) is 30.9 Å². The molecule has 1 saturated carbocycles. The number of nitrogens with zero attached hydrogens (tertiary/aromatic N) is 4. The Morgan fingerprint density at radius 1 is 0.921 bits per heavy atom. The third-order valence-corrected chi connectivity index (χ3v) is 6.25. The maximum atomic E-state index is 14.2. The molecular weight excluding hydrogens is 521 g/mol. The molecule has 0 spiro atoms. The summed E-state index contributed by atoms with van der Waals surface area (Å²) in [7, 11) is 0. The average molecular weight is 536 g/mol. The summed E-state index contributed by atoms with van der Waals surface area (Å²) >= 11 is 0. The van der Waals surface area contributed by atoms with Crippen LogP contribution in [0.25, 0.3) is 22.5 Å². The molecule has 4 aromatic rings. The maximum Gasteiger partial charge on any atom is 0.433 e. The Morgan fingerprint density at radius 3 is 2.24 bits per heavy atom. The van der Waals surface area contributed by atoms with Crippen LogP contribution >= 0.6 is 0 Å². The van der Waals surface area contributed by atoms with Gasteiger partial charge in [-0.05, 0) is 64.7 Å². The Hall–Kier alpha value is -4.36. The number of halogens is 7. The molecule has 1 aliphatic rings. The minimum atomic E-state index is -4.86. The van der Waals surface area contributed by atoms with Crippen molar-refractivity contribution < 1.29 is 35.5 Å². The number of tetrazole rings is 1. The van der Waals surface area contributed by atoms with E-state index in [0.29, 0.717) is 35.6 Å². The lowest BCUT2D eigenvalue weighted by Gasteiger charge is -2.18. The number of hydrogen-bond donors (Lipinski definition) is 2. The standard InChI is InChI=1S/C24H15F7N6O/c25-18-9-13(2-5-17(18)23(26,27)28)22(7-8-22)21(38)33-14-3-4-15(16(10-14)20-34-36-37-35-20)12-1-6-19(32-11-12)24(29,30)31/h1-6,9-11H,7-8H2,(H,33,38)(H,34,35,36,37). The Kier molecular flexibility index (Phi) is 5.92. The third-order valence-electron chi connectivity index (χ3n) is 6.25. The quantitative estimate of drug-likeness (QED) is 0.316. The molecular formula is C24H15F7N6O. The van der Waals surface area contributed by atoms with E-state index in [1.54, 1.807) is 0 Å². The van der Waals surface area contributed by atoms with Crippen LogP contribution in [0.15, 0.2) is 54.7 Å². The first-order valence-electron chi connectivity index (χ1n) is 11.0. The van der Waals surface area contributed by atoms with E-state index in [1.807, 2.05) is 0 Å². The minimum absolute atomic E-state index is 0.118. The van der Waals surface area contributed by atoms with Crippen LogP contribution in [-0.2, 0) is 22.6 Å². The molecule has 0 bridgehead atoms. The van der Waals surface area contributed by atoms with Gasteiger partial charge in [-0.15, -0.1) is 5.10 Å². The number of benzene rings is 2. The van der Waals surface area contributed by atoms with Gasteiger partial charge in [-0.3, -0.25) is 9.78 Å². The van der Waals surface area contributed by atoms with Crippen LogP contribution < -0.4 is 5.32 Å². The van der Waals surface area contributed by atoms with Crippen LogP contribution in [0.4, 0.5) is 36.4 Å². The highest BCUT2D eigenvalue weighted by Gasteiger charge is 2.52. The molecule has 2 N–H and O–H groups in total. The number of nitrogens with one attached hydrogen (secondary N) is 2. The number of carbonyl (C=O) groups is 1. The Morgan fingerprint density at radius 2 is 1.68 bits per heavy atom. The lowest BCUT2D eigenvalue weighted by Crippen LogP contribution is -2.28. The van der Waals surface area contributed by atoms with E-state index in [9.17, 15) is 35.5 Å². The molecule has 2 aromatic heterocycles. The number of anilines is 1. The zero-order chi connectivity index (χ0) is 27.3. The summed E-state index contributed by atoms with van der Waals surface area (Å²) in [5.41, 5.74) is -2.25. The molecule has 2 heterocycles. The van der Waals surface area contributed by atoms with E-state index in [1.165, 1.54) is 24.3 Å². The van der Waals surface area contributed by atoms with E-state index in [0.717, 1.165) is 24.4 Å². The highest BCUT2D eigenvalue weighted by Crippen LogP contribution is 2.50. The second-order valence-corrected chi connectivity index (χ2v) is 8.67. The minimum Gasteiger partial charge on any atom is -0.325 e. The van der Waals surface area contributed by atoms with Gasteiger partial charge >= 0.3 is 12.4 Å². The lowest BCUT2D eigenvalue weighted by atomic mass is 9.93. The van der Waals surface area contributed by atoms with Crippen LogP contribution in [0.1, 0.15) is 29.7 Å². The number of rotatable bonds is 5. The first-order chi connectivity index (χ1) is 17.9. The Labute approximate surface area is 209 Å². The van der Waals surface area contributed by atoms with Crippen molar-refractivity contribution >= 4 is 11.6 Å². The highest BCUT2D eigenvalue weighted by atomic mass is 19.4. The van der Waals surface area contributed by atoms with Gasteiger partial charge < -0.3 is 5.32 Å². The fourth-order valence-electron chi connectivity index (χ4n) is 4.13. The van der Waals surface area contributed by atoms with Crippen molar-refractivity contribution in [3.63, 3.8) is 0 Å². The number of amides is 1. The molecule has 1 fully saturated rings. The Balaban J connectivity index is 1.45. The van der Waals surface area contributed by atoms with Crippen LogP contribution in [0.5, 0.6) is 0 Å². The molecule has 5 rings (SSSR count). The molecule has 0 saturated heterocycles. The summed E-state index contributed by atoms with van der Waals surface area (Å²) in [6.45, 7) is 0. The number of aromatic amines is 1. The normalized spacial score (nSPS) is 14.8. The molecule has 196 valence electrons. The van der Waals surface area contributed by atoms with Gasteiger partial charge in [0.15, 0.2) is 5.82 Å². The van der Waals surface area contributed by atoms with Crippen LogP contribution in [0.2, 0.25) is 0 Å². The first-order valence-corrected chi connectivity index (χ1v) is 11.0. The van der Waals surface area contributed by atoms with Gasteiger partial charge in [0.25, 0.3) is 0 Å². The van der Waals surface area contributed by atoms with Crippen LogP contribution in [-0.4, -0.2) is 31.5 Å². The Bertz CT molecular complexity index is 1490. The molecule has 1 aliphatic carbocycles. The highest BCUT2D eigenvalue weighted by molar-refractivity contribution is 6.02. The third kappa shape index (κ3) is 4.68. The summed E-state index contributed by atoms with van der Waals surface area (Å²) in [4.78, 5) is 16.6. The van der Waals surface area contributed by atoms with Gasteiger partial charge in [-0.2, -0.15) is 26.3 Å². The SMILES string of the molecule is O=C(Nc1ccc(-c2ccc(C(F)(F)F)nc2)c(-c2nnn[nH]2)c1)C1(c2ccc(C(F)(F)F)c(F)c2)CC1. The zero-order valence-electron chi connectivity index (χ0n) is 19.0. The number of aromatic nitrogens is 5. The second kappa shape index (κ2) is 8.89. The second-order valence-electron chi connectivity index (χ2n) is 8.67. The fourth-order valence-corrected chi connectivity index (χ4v) is 4.13. The molecule has 2 aromatic carbocycles. The van der Waals surface area contributed by atoms with Gasteiger partial charge in [0.05, 0.1) is 11.0 Å². The predicted octanol–water partition coefficient (Wildman–Crippen LogP) is 5.78. The first kappa shape index (κ1) is 25.3. The number of pyridine rings is 1. The molecule has 1 amide bonds. The van der Waals surface area contributed by atoms with Crippen molar-refractivity contribution in [1.29, 1.82) is 0 Å². The monoisotopic (exact) mass is 536 g/mol. The molecule has 0 radical (unpaired) electrons. The summed E-state index contributed by atoms with van der Waals surface area (Å²) < 4.78 is 91.7. The van der Waals surface area contributed by atoms with Crippen LogP contribution in [0.3, 0.4) is 0 Å². The predicted molar refractivity (Wildman–Crippen MR) is 119 cm³/mol. The van der Waals surface area contributed by atoms with Crippen LogP contribution in [0, 0.1) is 5.82 Å². The van der Waals surface area contributed by atoms with Crippen molar-refractivity contribution in [1.82, 2.24) is 25.6 Å². The van der Waals surface area contributed by atoms with E-state index in [-0.39, 0.29) is 17.1 Å². The number of alkyl halides is 6. The van der Waals surface area contributed by atoms with Crippen molar-refractivity contribution in [2.24, 2.45) is 0 Å². The zero-order valence-corrected chi connectivity index (χ0v) is 19.0. The largest absolute Gasteiger partial charge is 0.433 e. The maximum absolute atomic E-state index is 14.2. The fraction of sp³-hybridized carbons (Fsp3) is 0.208. The molecule has 0 atom stereocenters. The van der Waals surface area contributed by atoms with E-state index >= 15 is 0 Å².